The molecule has 0 radical (unpaired) electrons. The second kappa shape index (κ2) is 5.99. The van der Waals surface area contributed by atoms with Gasteiger partial charge in [0.25, 0.3) is 0 Å². The molecule has 0 spiro atoms. The number of carboxylic acids is 1. The van der Waals surface area contributed by atoms with Gasteiger partial charge in [0.1, 0.15) is 5.75 Å². The minimum absolute atomic E-state index is 0.0924. The number of pyridine rings is 1. The molecule has 0 unspecified atom stereocenters. The zero-order chi connectivity index (χ0) is 14.9. The summed E-state index contributed by atoms with van der Waals surface area (Å²) in [6.07, 6.45) is 1.22. The molecule has 0 aliphatic heterocycles. The van der Waals surface area contributed by atoms with Gasteiger partial charge in [0.05, 0.1) is 15.6 Å². The molecule has 1 N–H and O–H groups in total. The Morgan fingerprint density at radius 3 is 2.60 bits per heavy atom. The summed E-state index contributed by atoms with van der Waals surface area (Å²) in [6, 6.07) is 4.64. The van der Waals surface area contributed by atoms with Crippen molar-refractivity contribution in [2.45, 2.75) is 6.92 Å². The van der Waals surface area contributed by atoms with Gasteiger partial charge in [-0.15, -0.1) is 0 Å². The van der Waals surface area contributed by atoms with Crippen LogP contribution < -0.4 is 4.74 Å². The fourth-order valence-electron chi connectivity index (χ4n) is 1.47. The third-order valence-electron chi connectivity index (χ3n) is 2.46. The van der Waals surface area contributed by atoms with E-state index in [1.807, 2.05) is 0 Å². The number of carbonyl (C=O) groups is 1. The van der Waals surface area contributed by atoms with Crippen molar-refractivity contribution in [2.24, 2.45) is 0 Å². The standard InChI is InChI=1S/C13H8BrCl2NO3/c1-6-2-7(13(18)19)5-17-12(6)20-11-4-9(15)8(14)3-10(11)16/h2-5H,1H3,(H,18,19). The van der Waals surface area contributed by atoms with Crippen molar-refractivity contribution in [2.75, 3.05) is 0 Å². The van der Waals surface area contributed by atoms with Gasteiger partial charge in [-0.05, 0) is 35.0 Å². The van der Waals surface area contributed by atoms with E-state index in [0.29, 0.717) is 25.8 Å². The number of benzene rings is 1. The normalized spacial score (nSPS) is 10.4. The summed E-state index contributed by atoms with van der Waals surface area (Å²) in [5, 5.41) is 9.69. The first-order chi connectivity index (χ1) is 9.38. The highest BCUT2D eigenvalue weighted by molar-refractivity contribution is 9.10. The lowest BCUT2D eigenvalue weighted by Crippen LogP contribution is -2.00. The predicted molar refractivity (Wildman–Crippen MR) is 80.2 cm³/mol. The number of aryl methyl sites for hydroxylation is 1. The molecule has 0 fully saturated rings. The maximum absolute atomic E-state index is 10.8. The lowest BCUT2D eigenvalue weighted by atomic mass is 10.2. The molecule has 104 valence electrons. The van der Waals surface area contributed by atoms with E-state index in [2.05, 4.69) is 20.9 Å². The number of ether oxygens (including phenoxy) is 1. The highest BCUT2D eigenvalue weighted by Crippen LogP contribution is 2.36. The summed E-state index contributed by atoms with van der Waals surface area (Å²) in [7, 11) is 0. The maximum atomic E-state index is 10.8. The van der Waals surface area contributed by atoms with E-state index >= 15 is 0 Å². The monoisotopic (exact) mass is 375 g/mol. The molecule has 2 aromatic rings. The van der Waals surface area contributed by atoms with Crippen molar-refractivity contribution in [3.8, 4) is 11.6 Å². The molecule has 2 rings (SSSR count). The molecule has 1 aromatic heterocycles. The maximum Gasteiger partial charge on any atom is 0.337 e. The molecule has 1 aromatic carbocycles. The number of aromatic nitrogens is 1. The molecular formula is C13H8BrCl2NO3. The van der Waals surface area contributed by atoms with Crippen molar-refractivity contribution < 1.29 is 14.6 Å². The molecule has 0 bridgehead atoms. The number of hydrogen-bond donors (Lipinski definition) is 1. The lowest BCUT2D eigenvalue weighted by molar-refractivity contribution is 0.0696. The van der Waals surface area contributed by atoms with Crippen LogP contribution in [0.1, 0.15) is 15.9 Å². The second-order valence-electron chi connectivity index (χ2n) is 3.95. The fourth-order valence-corrected chi connectivity index (χ4v) is 2.30. The van der Waals surface area contributed by atoms with Crippen molar-refractivity contribution in [3.05, 3.63) is 50.0 Å². The first kappa shape index (κ1) is 15.1. The van der Waals surface area contributed by atoms with Gasteiger partial charge in [-0.2, -0.15) is 0 Å². The van der Waals surface area contributed by atoms with Gasteiger partial charge in [-0.1, -0.05) is 23.2 Å². The van der Waals surface area contributed by atoms with E-state index in [9.17, 15) is 4.79 Å². The SMILES string of the molecule is Cc1cc(C(=O)O)cnc1Oc1cc(Cl)c(Br)cc1Cl. The van der Waals surface area contributed by atoms with Gasteiger partial charge in [0.15, 0.2) is 0 Å². The molecule has 4 nitrogen and oxygen atoms in total. The van der Waals surface area contributed by atoms with E-state index in [1.54, 1.807) is 19.1 Å². The van der Waals surface area contributed by atoms with Gasteiger partial charge in [0.2, 0.25) is 5.88 Å². The van der Waals surface area contributed by atoms with Gasteiger partial charge in [0, 0.05) is 22.3 Å². The van der Waals surface area contributed by atoms with Crippen LogP contribution in [0.2, 0.25) is 10.0 Å². The Morgan fingerprint density at radius 2 is 2.00 bits per heavy atom. The van der Waals surface area contributed by atoms with E-state index in [-0.39, 0.29) is 11.4 Å². The zero-order valence-electron chi connectivity index (χ0n) is 10.2. The Bertz CT molecular complexity index is 692. The molecule has 0 amide bonds. The van der Waals surface area contributed by atoms with Gasteiger partial charge >= 0.3 is 5.97 Å². The van der Waals surface area contributed by atoms with Gasteiger partial charge in [-0.25, -0.2) is 9.78 Å². The number of nitrogens with zero attached hydrogens (tertiary/aromatic N) is 1. The number of halogens is 3. The average molecular weight is 377 g/mol. The quantitative estimate of drug-likeness (QED) is 0.770. The van der Waals surface area contributed by atoms with Crippen LogP contribution in [0.3, 0.4) is 0 Å². The van der Waals surface area contributed by atoms with Gasteiger partial charge < -0.3 is 9.84 Å². The molecule has 7 heteroatoms. The first-order valence-electron chi connectivity index (χ1n) is 5.41. The van der Waals surface area contributed by atoms with E-state index in [4.69, 9.17) is 33.0 Å². The molecule has 0 aliphatic carbocycles. The van der Waals surface area contributed by atoms with Crippen LogP contribution in [0.15, 0.2) is 28.9 Å². The Labute approximate surface area is 133 Å². The van der Waals surface area contributed by atoms with E-state index in [1.165, 1.54) is 12.3 Å². The van der Waals surface area contributed by atoms with Crippen molar-refractivity contribution in [3.63, 3.8) is 0 Å². The minimum atomic E-state index is -1.04. The summed E-state index contributed by atoms with van der Waals surface area (Å²) < 4.78 is 6.22. The topological polar surface area (TPSA) is 59.4 Å². The van der Waals surface area contributed by atoms with E-state index < -0.39 is 5.97 Å². The molecule has 0 saturated carbocycles. The second-order valence-corrected chi connectivity index (χ2v) is 5.62. The Kier molecular flexibility index (Phi) is 4.52. The number of rotatable bonds is 3. The number of carboxylic acid groups (broad SMARTS) is 1. The highest BCUT2D eigenvalue weighted by atomic mass is 79.9. The third kappa shape index (κ3) is 3.23. The highest BCUT2D eigenvalue weighted by Gasteiger charge is 2.12. The van der Waals surface area contributed by atoms with Crippen LogP contribution in [0.25, 0.3) is 0 Å². The molecular weight excluding hydrogens is 369 g/mol. The summed E-state index contributed by atoms with van der Waals surface area (Å²) in [4.78, 5) is 14.8. The minimum Gasteiger partial charge on any atom is -0.478 e. The Morgan fingerprint density at radius 1 is 1.30 bits per heavy atom. The van der Waals surface area contributed by atoms with Crippen LogP contribution in [0.5, 0.6) is 11.6 Å². The number of hydrogen-bond acceptors (Lipinski definition) is 3. The average Bonchev–Trinajstić information content (AvgIpc) is 2.37. The van der Waals surface area contributed by atoms with Crippen molar-refractivity contribution in [1.29, 1.82) is 0 Å². The number of aromatic carboxylic acids is 1. The lowest BCUT2D eigenvalue weighted by Gasteiger charge is -2.10. The summed E-state index contributed by atoms with van der Waals surface area (Å²) >= 11 is 15.3. The summed E-state index contributed by atoms with van der Waals surface area (Å²) in [5.41, 5.74) is 0.676. The van der Waals surface area contributed by atoms with Crippen molar-refractivity contribution >= 4 is 45.1 Å². The summed E-state index contributed by atoms with van der Waals surface area (Å²) in [5.74, 6) is -0.425. The molecule has 20 heavy (non-hydrogen) atoms. The smallest absolute Gasteiger partial charge is 0.337 e. The van der Waals surface area contributed by atoms with Crippen LogP contribution in [0.4, 0.5) is 0 Å². The van der Waals surface area contributed by atoms with Crippen molar-refractivity contribution in [1.82, 2.24) is 4.98 Å². The van der Waals surface area contributed by atoms with E-state index in [0.717, 1.165) is 0 Å². The zero-order valence-corrected chi connectivity index (χ0v) is 13.3. The first-order valence-corrected chi connectivity index (χ1v) is 6.95. The third-order valence-corrected chi connectivity index (χ3v) is 3.95. The largest absolute Gasteiger partial charge is 0.478 e. The molecule has 0 aliphatic rings. The van der Waals surface area contributed by atoms with Crippen LogP contribution in [0, 0.1) is 6.92 Å². The molecule has 0 atom stereocenters. The van der Waals surface area contributed by atoms with Crippen LogP contribution in [-0.4, -0.2) is 16.1 Å². The van der Waals surface area contributed by atoms with Gasteiger partial charge in [-0.3, -0.25) is 0 Å². The Hall–Kier alpha value is -1.30. The fraction of sp³-hybridized carbons (Fsp3) is 0.0769. The van der Waals surface area contributed by atoms with Crippen LogP contribution in [-0.2, 0) is 0 Å². The predicted octanol–water partition coefficient (Wildman–Crippen LogP) is 4.95. The Balaban J connectivity index is 2.35. The molecule has 1 heterocycles. The van der Waals surface area contributed by atoms with Crippen LogP contribution >= 0.6 is 39.1 Å². The molecule has 0 saturated heterocycles. The summed E-state index contributed by atoms with van der Waals surface area (Å²) in [6.45, 7) is 1.70.